The van der Waals surface area contributed by atoms with Crippen molar-refractivity contribution in [3.63, 3.8) is 0 Å². The quantitative estimate of drug-likeness (QED) is 0.799. The molecule has 1 atom stereocenters. The van der Waals surface area contributed by atoms with Crippen LogP contribution in [0.25, 0.3) is 0 Å². The molecule has 0 amide bonds. The number of nitrogens with zero attached hydrogens (tertiary/aromatic N) is 2. The first-order valence-corrected chi connectivity index (χ1v) is 6.13. The van der Waals surface area contributed by atoms with E-state index in [2.05, 4.69) is 10.4 Å². The molecule has 1 aliphatic heterocycles. The molecule has 1 saturated heterocycles. The van der Waals surface area contributed by atoms with Gasteiger partial charge in [0.2, 0.25) is 0 Å². The van der Waals surface area contributed by atoms with Gasteiger partial charge in [-0.15, -0.1) is 0 Å². The molecule has 0 radical (unpaired) electrons. The maximum absolute atomic E-state index is 11.8. The topological polar surface area (TPSA) is 56.1 Å². The van der Waals surface area contributed by atoms with Gasteiger partial charge >= 0.3 is 5.97 Å². The number of esters is 1. The number of aromatic nitrogens is 2. The fraction of sp³-hybridized carbons (Fsp3) is 0.667. The number of rotatable bonds is 3. The molecular formula is C12H19N3O2. The third-order valence-electron chi connectivity index (χ3n) is 3.06. The number of hydrogen-bond acceptors (Lipinski definition) is 4. The molecule has 2 rings (SSSR count). The minimum atomic E-state index is -0.311. The third kappa shape index (κ3) is 2.66. The van der Waals surface area contributed by atoms with Crippen molar-refractivity contribution in [3.05, 3.63) is 17.5 Å². The normalized spacial score (nSPS) is 20.2. The van der Waals surface area contributed by atoms with Crippen LogP contribution in [0.4, 0.5) is 0 Å². The highest BCUT2D eigenvalue weighted by Crippen LogP contribution is 2.26. The van der Waals surface area contributed by atoms with E-state index in [0.29, 0.717) is 18.2 Å². The molecule has 0 spiro atoms. The highest BCUT2D eigenvalue weighted by molar-refractivity contribution is 5.89. The molecule has 1 aliphatic rings. The molecule has 1 N–H and O–H groups in total. The molecule has 1 aromatic heterocycles. The Kier molecular flexibility index (Phi) is 3.78. The monoisotopic (exact) mass is 237 g/mol. The van der Waals surface area contributed by atoms with Crippen LogP contribution < -0.4 is 5.32 Å². The minimum absolute atomic E-state index is 0.311. The molecule has 0 aromatic carbocycles. The number of ether oxygens (including phenoxy) is 1. The average Bonchev–Trinajstić information content (AvgIpc) is 2.73. The van der Waals surface area contributed by atoms with Crippen LogP contribution >= 0.6 is 0 Å². The standard InChI is InChI=1S/C12H19N3O2/c1-3-17-12(16)11-10(8-15(2)14-11)9-5-4-6-13-7-9/h8-9,13H,3-7H2,1-2H3. The molecule has 5 heteroatoms. The number of piperidine rings is 1. The van der Waals surface area contributed by atoms with E-state index in [0.717, 1.165) is 31.5 Å². The maximum atomic E-state index is 11.8. The van der Waals surface area contributed by atoms with Crippen LogP contribution in [0.3, 0.4) is 0 Å². The van der Waals surface area contributed by atoms with Crippen molar-refractivity contribution in [3.8, 4) is 0 Å². The van der Waals surface area contributed by atoms with Gasteiger partial charge in [-0.2, -0.15) is 5.10 Å². The zero-order valence-corrected chi connectivity index (χ0v) is 10.4. The smallest absolute Gasteiger partial charge is 0.359 e. The van der Waals surface area contributed by atoms with E-state index in [4.69, 9.17) is 4.74 Å². The molecule has 17 heavy (non-hydrogen) atoms. The molecule has 0 aliphatic carbocycles. The Labute approximate surface area is 101 Å². The number of carbonyl (C=O) groups is 1. The van der Waals surface area contributed by atoms with E-state index in [1.807, 2.05) is 20.2 Å². The number of carbonyl (C=O) groups excluding carboxylic acids is 1. The van der Waals surface area contributed by atoms with Gasteiger partial charge in [0.15, 0.2) is 5.69 Å². The zero-order valence-electron chi connectivity index (χ0n) is 10.4. The van der Waals surface area contributed by atoms with Crippen molar-refractivity contribution >= 4 is 5.97 Å². The van der Waals surface area contributed by atoms with Gasteiger partial charge in [-0.25, -0.2) is 4.79 Å². The van der Waals surface area contributed by atoms with Gasteiger partial charge in [0, 0.05) is 31.3 Å². The highest BCUT2D eigenvalue weighted by atomic mass is 16.5. The summed E-state index contributed by atoms with van der Waals surface area (Å²) in [6.07, 6.45) is 4.18. The largest absolute Gasteiger partial charge is 0.461 e. The second-order valence-electron chi connectivity index (χ2n) is 4.37. The minimum Gasteiger partial charge on any atom is -0.461 e. The molecule has 0 bridgehead atoms. The van der Waals surface area contributed by atoms with Crippen LogP contribution in [0.1, 0.15) is 41.7 Å². The van der Waals surface area contributed by atoms with Gasteiger partial charge < -0.3 is 10.1 Å². The Bertz CT molecular complexity index is 394. The highest BCUT2D eigenvalue weighted by Gasteiger charge is 2.25. The number of hydrogen-bond donors (Lipinski definition) is 1. The van der Waals surface area contributed by atoms with Gasteiger partial charge in [-0.05, 0) is 26.3 Å². The summed E-state index contributed by atoms with van der Waals surface area (Å²) in [5.74, 6) is 0.0607. The molecule has 1 aromatic rings. The summed E-state index contributed by atoms with van der Waals surface area (Å²) in [7, 11) is 1.84. The zero-order chi connectivity index (χ0) is 12.3. The Hall–Kier alpha value is -1.36. The lowest BCUT2D eigenvalue weighted by atomic mass is 9.92. The fourth-order valence-electron chi connectivity index (χ4n) is 2.28. The predicted molar refractivity (Wildman–Crippen MR) is 64.0 cm³/mol. The maximum Gasteiger partial charge on any atom is 0.359 e. The van der Waals surface area contributed by atoms with Crippen molar-refractivity contribution in [1.82, 2.24) is 15.1 Å². The van der Waals surface area contributed by atoms with Gasteiger partial charge in [0.1, 0.15) is 0 Å². The van der Waals surface area contributed by atoms with Gasteiger partial charge in [0.05, 0.1) is 6.61 Å². The van der Waals surface area contributed by atoms with Crippen molar-refractivity contribution in [2.45, 2.75) is 25.7 Å². The summed E-state index contributed by atoms with van der Waals surface area (Å²) >= 11 is 0. The summed E-state index contributed by atoms with van der Waals surface area (Å²) in [6.45, 7) is 4.17. The third-order valence-corrected chi connectivity index (χ3v) is 3.06. The molecule has 94 valence electrons. The summed E-state index contributed by atoms with van der Waals surface area (Å²) in [6, 6.07) is 0. The van der Waals surface area contributed by atoms with Gasteiger partial charge in [-0.3, -0.25) is 4.68 Å². The first-order valence-electron chi connectivity index (χ1n) is 6.13. The molecule has 1 unspecified atom stereocenters. The lowest BCUT2D eigenvalue weighted by Crippen LogP contribution is -2.29. The lowest BCUT2D eigenvalue weighted by molar-refractivity contribution is 0.0516. The van der Waals surface area contributed by atoms with Crippen LogP contribution in [-0.4, -0.2) is 35.4 Å². The SMILES string of the molecule is CCOC(=O)c1nn(C)cc1C1CCCNC1. The molecular weight excluding hydrogens is 218 g/mol. The van der Waals surface area contributed by atoms with Crippen molar-refractivity contribution in [2.75, 3.05) is 19.7 Å². The fourth-order valence-corrected chi connectivity index (χ4v) is 2.28. The Morgan fingerprint density at radius 1 is 1.71 bits per heavy atom. The van der Waals surface area contributed by atoms with Crippen LogP contribution in [0.5, 0.6) is 0 Å². The van der Waals surface area contributed by atoms with E-state index in [1.165, 1.54) is 0 Å². The lowest BCUT2D eigenvalue weighted by Gasteiger charge is -2.22. The number of nitrogens with one attached hydrogen (secondary N) is 1. The van der Waals surface area contributed by atoms with E-state index in [-0.39, 0.29) is 5.97 Å². The summed E-state index contributed by atoms with van der Waals surface area (Å²) in [5.41, 5.74) is 1.49. The van der Waals surface area contributed by atoms with Crippen LogP contribution in [0, 0.1) is 0 Å². The first-order chi connectivity index (χ1) is 8.22. The van der Waals surface area contributed by atoms with E-state index >= 15 is 0 Å². The first kappa shape index (κ1) is 12.1. The van der Waals surface area contributed by atoms with Gasteiger partial charge in [-0.1, -0.05) is 0 Å². The van der Waals surface area contributed by atoms with Crippen molar-refractivity contribution in [1.29, 1.82) is 0 Å². The summed E-state index contributed by atoms with van der Waals surface area (Å²) in [4.78, 5) is 11.8. The second-order valence-corrected chi connectivity index (χ2v) is 4.37. The Morgan fingerprint density at radius 2 is 2.53 bits per heavy atom. The molecule has 2 heterocycles. The second kappa shape index (κ2) is 5.31. The van der Waals surface area contributed by atoms with E-state index < -0.39 is 0 Å². The molecule has 1 fully saturated rings. The van der Waals surface area contributed by atoms with Crippen molar-refractivity contribution in [2.24, 2.45) is 7.05 Å². The number of aryl methyl sites for hydroxylation is 1. The van der Waals surface area contributed by atoms with E-state index in [9.17, 15) is 4.79 Å². The molecule has 0 saturated carbocycles. The van der Waals surface area contributed by atoms with Crippen LogP contribution in [0.2, 0.25) is 0 Å². The predicted octanol–water partition coefficient (Wildman–Crippen LogP) is 1.06. The van der Waals surface area contributed by atoms with Crippen molar-refractivity contribution < 1.29 is 9.53 Å². The Morgan fingerprint density at radius 3 is 3.18 bits per heavy atom. The van der Waals surface area contributed by atoms with Crippen LogP contribution in [0.15, 0.2) is 6.20 Å². The summed E-state index contributed by atoms with van der Waals surface area (Å²) in [5, 5.41) is 7.57. The Balaban J connectivity index is 2.22. The average molecular weight is 237 g/mol. The van der Waals surface area contributed by atoms with E-state index in [1.54, 1.807) is 4.68 Å². The van der Waals surface area contributed by atoms with Crippen LogP contribution in [-0.2, 0) is 11.8 Å². The summed E-state index contributed by atoms with van der Waals surface area (Å²) < 4.78 is 6.73. The van der Waals surface area contributed by atoms with Gasteiger partial charge in [0.25, 0.3) is 0 Å². The molecule has 5 nitrogen and oxygen atoms in total.